The Morgan fingerprint density at radius 3 is 2.87 bits per heavy atom. The maximum absolute atomic E-state index is 11.5. The van der Waals surface area contributed by atoms with E-state index in [0.717, 1.165) is 12.8 Å². The summed E-state index contributed by atoms with van der Waals surface area (Å²) in [6, 6.07) is 6.90. The van der Waals surface area contributed by atoms with Gasteiger partial charge in [0, 0.05) is 11.6 Å². The van der Waals surface area contributed by atoms with Crippen molar-refractivity contribution < 1.29 is 4.79 Å². The number of carbonyl (C=O) groups is 1. The highest BCUT2D eigenvalue weighted by Gasteiger charge is 2.29. The first kappa shape index (κ1) is 9.53. The first-order chi connectivity index (χ1) is 7.20. The monoisotopic (exact) mass is 201 g/mol. The van der Waals surface area contributed by atoms with Crippen LogP contribution in [0.1, 0.15) is 18.4 Å². The predicted octanol–water partition coefficient (Wildman–Crippen LogP) is 1.49. The molecule has 1 amide bonds. The molecule has 4 nitrogen and oxygen atoms in total. The first-order valence-electron chi connectivity index (χ1n) is 4.81. The number of nitrogens with two attached hydrogens (primary N) is 1. The van der Waals surface area contributed by atoms with E-state index >= 15 is 0 Å². The number of rotatable bonds is 2. The summed E-state index contributed by atoms with van der Waals surface area (Å²) in [5.41, 5.74) is 7.02. The molecule has 1 saturated carbocycles. The van der Waals surface area contributed by atoms with Crippen molar-refractivity contribution in [3.63, 3.8) is 0 Å². The molecule has 0 saturated heterocycles. The molecule has 0 aromatic heterocycles. The molecule has 0 spiro atoms. The molecule has 4 heteroatoms. The maximum Gasteiger partial charge on any atom is 0.227 e. The molecule has 0 heterocycles. The van der Waals surface area contributed by atoms with E-state index in [-0.39, 0.29) is 11.8 Å². The van der Waals surface area contributed by atoms with Gasteiger partial charge in [-0.2, -0.15) is 5.26 Å². The molecule has 0 atom stereocenters. The number of amides is 1. The Balaban J connectivity index is 2.20. The van der Waals surface area contributed by atoms with E-state index in [2.05, 4.69) is 5.32 Å². The molecular formula is C11H11N3O. The minimum Gasteiger partial charge on any atom is -0.399 e. The normalized spacial score (nSPS) is 14.3. The number of nitrogens with zero attached hydrogens (tertiary/aromatic N) is 1. The minimum atomic E-state index is -0.00345. The highest BCUT2D eigenvalue weighted by molar-refractivity contribution is 5.95. The zero-order valence-electron chi connectivity index (χ0n) is 8.16. The van der Waals surface area contributed by atoms with Crippen molar-refractivity contribution in [1.29, 1.82) is 5.26 Å². The summed E-state index contributed by atoms with van der Waals surface area (Å²) in [7, 11) is 0. The molecule has 1 aromatic rings. The largest absolute Gasteiger partial charge is 0.399 e. The molecule has 1 aliphatic rings. The first-order valence-corrected chi connectivity index (χ1v) is 4.81. The third-order valence-electron chi connectivity index (χ3n) is 2.37. The van der Waals surface area contributed by atoms with Crippen molar-refractivity contribution in [3.8, 4) is 6.07 Å². The van der Waals surface area contributed by atoms with Crippen LogP contribution >= 0.6 is 0 Å². The smallest absolute Gasteiger partial charge is 0.227 e. The number of nitrogens with one attached hydrogen (secondary N) is 1. The fraction of sp³-hybridized carbons (Fsp3) is 0.273. The van der Waals surface area contributed by atoms with E-state index in [1.165, 1.54) is 0 Å². The molecule has 2 rings (SSSR count). The van der Waals surface area contributed by atoms with Crippen LogP contribution in [0.3, 0.4) is 0 Å². The Morgan fingerprint density at radius 2 is 2.27 bits per heavy atom. The number of nitrogen functional groups attached to an aromatic ring is 1. The highest BCUT2D eigenvalue weighted by atomic mass is 16.2. The van der Waals surface area contributed by atoms with Crippen LogP contribution in [0.2, 0.25) is 0 Å². The third kappa shape index (κ3) is 2.08. The lowest BCUT2D eigenvalue weighted by Gasteiger charge is -2.06. The molecular weight excluding hydrogens is 190 g/mol. The van der Waals surface area contributed by atoms with Gasteiger partial charge in [0.05, 0.1) is 11.3 Å². The van der Waals surface area contributed by atoms with E-state index < -0.39 is 0 Å². The summed E-state index contributed by atoms with van der Waals surface area (Å²) in [6.07, 6.45) is 1.89. The second-order valence-corrected chi connectivity index (χ2v) is 3.68. The Hall–Kier alpha value is -2.02. The predicted molar refractivity (Wildman–Crippen MR) is 56.9 cm³/mol. The highest BCUT2D eigenvalue weighted by Crippen LogP contribution is 2.30. The Bertz CT molecular complexity index is 444. The molecule has 1 aromatic carbocycles. The van der Waals surface area contributed by atoms with Crippen LogP contribution in [0.5, 0.6) is 0 Å². The topological polar surface area (TPSA) is 78.9 Å². The summed E-state index contributed by atoms with van der Waals surface area (Å²) in [6.45, 7) is 0. The second kappa shape index (κ2) is 3.62. The Morgan fingerprint density at radius 1 is 1.53 bits per heavy atom. The number of hydrogen-bond donors (Lipinski definition) is 2. The molecule has 3 N–H and O–H groups in total. The number of nitriles is 1. The van der Waals surface area contributed by atoms with Gasteiger partial charge in [0.1, 0.15) is 6.07 Å². The minimum absolute atomic E-state index is 0.00345. The van der Waals surface area contributed by atoms with Gasteiger partial charge in [0.15, 0.2) is 0 Å². The van der Waals surface area contributed by atoms with Crippen LogP contribution in [0.4, 0.5) is 11.4 Å². The van der Waals surface area contributed by atoms with Gasteiger partial charge in [-0.3, -0.25) is 4.79 Å². The van der Waals surface area contributed by atoms with Crippen molar-refractivity contribution in [3.05, 3.63) is 23.8 Å². The average Bonchev–Trinajstić information content (AvgIpc) is 3.04. The third-order valence-corrected chi connectivity index (χ3v) is 2.37. The van der Waals surface area contributed by atoms with E-state index in [4.69, 9.17) is 11.0 Å². The average molecular weight is 201 g/mol. The van der Waals surface area contributed by atoms with Gasteiger partial charge in [-0.15, -0.1) is 0 Å². The lowest BCUT2D eigenvalue weighted by Crippen LogP contribution is -2.14. The Kier molecular flexibility index (Phi) is 2.30. The lowest BCUT2D eigenvalue weighted by molar-refractivity contribution is -0.117. The maximum atomic E-state index is 11.5. The van der Waals surface area contributed by atoms with E-state index in [0.29, 0.717) is 16.9 Å². The summed E-state index contributed by atoms with van der Waals surface area (Å²) in [5, 5.41) is 11.6. The van der Waals surface area contributed by atoms with Gasteiger partial charge in [-0.1, -0.05) is 0 Å². The van der Waals surface area contributed by atoms with E-state index in [1.54, 1.807) is 18.2 Å². The number of anilines is 2. The van der Waals surface area contributed by atoms with Crippen LogP contribution in [0, 0.1) is 17.2 Å². The Labute approximate surface area is 87.7 Å². The molecule has 0 bridgehead atoms. The number of hydrogen-bond acceptors (Lipinski definition) is 3. The lowest BCUT2D eigenvalue weighted by atomic mass is 10.1. The SMILES string of the molecule is N#Cc1cc(N)ccc1NC(=O)C1CC1. The van der Waals surface area contributed by atoms with E-state index in [9.17, 15) is 4.79 Å². The number of carbonyl (C=O) groups excluding carboxylic acids is 1. The van der Waals surface area contributed by atoms with Crippen molar-refractivity contribution in [2.75, 3.05) is 11.1 Å². The molecule has 0 aliphatic heterocycles. The van der Waals surface area contributed by atoms with Crippen LogP contribution in [-0.4, -0.2) is 5.91 Å². The van der Waals surface area contributed by atoms with E-state index in [1.807, 2.05) is 6.07 Å². The summed E-state index contributed by atoms with van der Waals surface area (Å²) < 4.78 is 0. The molecule has 0 radical (unpaired) electrons. The summed E-state index contributed by atoms with van der Waals surface area (Å²) in [5.74, 6) is 0.130. The quantitative estimate of drug-likeness (QED) is 0.711. The molecule has 0 unspecified atom stereocenters. The van der Waals surface area contributed by atoms with Crippen LogP contribution < -0.4 is 11.1 Å². The fourth-order valence-electron chi connectivity index (χ4n) is 1.34. The molecule has 76 valence electrons. The van der Waals surface area contributed by atoms with Crippen LogP contribution in [0.15, 0.2) is 18.2 Å². The molecule has 15 heavy (non-hydrogen) atoms. The van der Waals surface area contributed by atoms with Gasteiger partial charge < -0.3 is 11.1 Å². The molecule has 1 fully saturated rings. The number of benzene rings is 1. The molecule has 1 aliphatic carbocycles. The van der Waals surface area contributed by atoms with Gasteiger partial charge >= 0.3 is 0 Å². The van der Waals surface area contributed by atoms with Crippen molar-refractivity contribution in [1.82, 2.24) is 0 Å². The standard InChI is InChI=1S/C11H11N3O/c12-6-8-5-9(13)3-4-10(8)14-11(15)7-1-2-7/h3-5,7H,1-2,13H2,(H,14,15). The van der Waals surface area contributed by atoms with Crippen LogP contribution in [0.25, 0.3) is 0 Å². The van der Waals surface area contributed by atoms with Crippen molar-refractivity contribution in [2.24, 2.45) is 5.92 Å². The van der Waals surface area contributed by atoms with Gasteiger partial charge in [-0.25, -0.2) is 0 Å². The van der Waals surface area contributed by atoms with Gasteiger partial charge in [0.2, 0.25) is 5.91 Å². The second-order valence-electron chi connectivity index (χ2n) is 3.68. The van der Waals surface area contributed by atoms with Gasteiger partial charge in [-0.05, 0) is 31.0 Å². The summed E-state index contributed by atoms with van der Waals surface area (Å²) >= 11 is 0. The zero-order chi connectivity index (χ0) is 10.8. The zero-order valence-corrected chi connectivity index (χ0v) is 8.16. The summed E-state index contributed by atoms with van der Waals surface area (Å²) in [4.78, 5) is 11.5. The fourth-order valence-corrected chi connectivity index (χ4v) is 1.34. The van der Waals surface area contributed by atoms with Crippen LogP contribution in [-0.2, 0) is 4.79 Å². The van der Waals surface area contributed by atoms with Gasteiger partial charge in [0.25, 0.3) is 0 Å². The van der Waals surface area contributed by atoms with Crippen molar-refractivity contribution >= 4 is 17.3 Å². The van der Waals surface area contributed by atoms with Crippen molar-refractivity contribution in [2.45, 2.75) is 12.8 Å².